The molecule has 2 N–H and O–H groups in total. The van der Waals surface area contributed by atoms with E-state index in [0.29, 0.717) is 11.1 Å². The molecule has 0 aliphatic rings. The van der Waals surface area contributed by atoms with Gasteiger partial charge in [-0.1, -0.05) is 12.1 Å². The number of nitrogens with one attached hydrogen (secondary N) is 1. The summed E-state index contributed by atoms with van der Waals surface area (Å²) >= 11 is 0. The number of aliphatic hydroxyl groups is 1. The Morgan fingerprint density at radius 2 is 1.96 bits per heavy atom. The Labute approximate surface area is 142 Å². The molecule has 0 spiro atoms. The highest BCUT2D eigenvalue weighted by Crippen LogP contribution is 2.18. The van der Waals surface area contributed by atoms with Crippen LogP contribution in [0.2, 0.25) is 0 Å². The first-order valence-corrected chi connectivity index (χ1v) is 7.49. The van der Waals surface area contributed by atoms with E-state index in [1.54, 1.807) is 24.3 Å². The van der Waals surface area contributed by atoms with Gasteiger partial charge in [-0.05, 0) is 32.9 Å². The summed E-state index contributed by atoms with van der Waals surface area (Å²) in [5.41, 5.74) is 0.446. The van der Waals surface area contributed by atoms with E-state index in [4.69, 9.17) is 14.6 Å². The Balaban J connectivity index is 2.22. The van der Waals surface area contributed by atoms with Gasteiger partial charge < -0.3 is 19.7 Å². The average Bonchev–Trinajstić information content (AvgIpc) is 2.86. The normalized spacial score (nSPS) is 13.2. The lowest BCUT2D eigenvalue weighted by Gasteiger charge is -2.13. The number of ether oxygens (including phenoxy) is 1. The van der Waals surface area contributed by atoms with E-state index in [1.807, 2.05) is 0 Å². The van der Waals surface area contributed by atoms with Gasteiger partial charge in [0.1, 0.15) is 18.4 Å². The van der Waals surface area contributed by atoms with Crippen LogP contribution in [0.3, 0.4) is 0 Å². The SMILES string of the molecule is CC(=N)/C(C(C)=O)=C(/O)COC(=O)C(C)n1c(=O)oc2ccccc21. The van der Waals surface area contributed by atoms with Gasteiger partial charge in [-0.3, -0.25) is 9.36 Å². The molecule has 132 valence electrons. The standard InChI is InChI=1S/C17H18N2O6/c1-9(18)15(11(3)20)13(21)8-24-16(22)10(2)19-12-6-4-5-7-14(12)25-17(19)23/h4-7,10,18,21H,8H2,1-3H3/b15-13-,18-9?. The number of hydrogen-bond acceptors (Lipinski definition) is 7. The summed E-state index contributed by atoms with van der Waals surface area (Å²) in [5.74, 6) is -2.51. The molecule has 0 fully saturated rings. The van der Waals surface area contributed by atoms with Gasteiger partial charge in [-0.15, -0.1) is 0 Å². The smallest absolute Gasteiger partial charge is 0.420 e. The fraction of sp³-hybridized carbons (Fsp3) is 0.294. The number of oxazole rings is 1. The second kappa shape index (κ2) is 7.16. The fourth-order valence-corrected chi connectivity index (χ4v) is 2.47. The molecule has 25 heavy (non-hydrogen) atoms. The number of rotatable bonds is 6. The lowest BCUT2D eigenvalue weighted by Crippen LogP contribution is -2.27. The lowest BCUT2D eigenvalue weighted by molar-refractivity contribution is -0.147. The highest BCUT2D eigenvalue weighted by atomic mass is 16.5. The quantitative estimate of drug-likeness (QED) is 0.357. The molecule has 2 aromatic rings. The van der Waals surface area contributed by atoms with E-state index in [-0.39, 0.29) is 11.3 Å². The van der Waals surface area contributed by atoms with E-state index < -0.39 is 35.9 Å². The lowest BCUT2D eigenvalue weighted by atomic mass is 10.1. The summed E-state index contributed by atoms with van der Waals surface area (Å²) in [5, 5.41) is 17.4. The largest absolute Gasteiger partial charge is 0.508 e. The number of esters is 1. The molecule has 1 heterocycles. The minimum absolute atomic E-state index is 0.133. The zero-order valence-electron chi connectivity index (χ0n) is 14.0. The van der Waals surface area contributed by atoms with Crippen LogP contribution in [0.15, 0.2) is 44.8 Å². The van der Waals surface area contributed by atoms with Crippen molar-refractivity contribution in [3.05, 3.63) is 46.1 Å². The van der Waals surface area contributed by atoms with Crippen molar-refractivity contribution in [2.75, 3.05) is 6.61 Å². The van der Waals surface area contributed by atoms with Crippen molar-refractivity contribution in [3.63, 3.8) is 0 Å². The number of aliphatic hydroxyl groups excluding tert-OH is 1. The summed E-state index contributed by atoms with van der Waals surface area (Å²) in [6.45, 7) is 3.43. The summed E-state index contributed by atoms with van der Waals surface area (Å²) in [7, 11) is 0. The fourth-order valence-electron chi connectivity index (χ4n) is 2.47. The second-order valence-electron chi connectivity index (χ2n) is 5.49. The minimum atomic E-state index is -0.995. The molecule has 0 aliphatic carbocycles. The number of Topliss-reactive ketones (excluding diaryl/α,β-unsaturated/α-hetero) is 1. The maximum atomic E-state index is 12.2. The predicted molar refractivity (Wildman–Crippen MR) is 89.9 cm³/mol. The van der Waals surface area contributed by atoms with Crippen LogP contribution in [0, 0.1) is 5.41 Å². The predicted octanol–water partition coefficient (Wildman–Crippen LogP) is 2.14. The third kappa shape index (κ3) is 3.68. The van der Waals surface area contributed by atoms with Crippen LogP contribution >= 0.6 is 0 Å². The maximum Gasteiger partial charge on any atom is 0.420 e. The molecule has 0 saturated heterocycles. The Kier molecular flexibility index (Phi) is 5.21. The van der Waals surface area contributed by atoms with Crippen LogP contribution < -0.4 is 5.76 Å². The van der Waals surface area contributed by atoms with E-state index in [2.05, 4.69) is 0 Å². The molecule has 8 heteroatoms. The summed E-state index contributed by atoms with van der Waals surface area (Å²) in [6.07, 6.45) is 0. The molecule has 1 aromatic carbocycles. The molecule has 2 rings (SSSR count). The number of benzene rings is 1. The minimum Gasteiger partial charge on any atom is -0.508 e. The molecular weight excluding hydrogens is 328 g/mol. The molecule has 0 bridgehead atoms. The first-order chi connectivity index (χ1) is 11.7. The first kappa shape index (κ1) is 18.2. The number of allylic oxidation sites excluding steroid dienone is 1. The van der Waals surface area contributed by atoms with Gasteiger partial charge in [0.2, 0.25) is 0 Å². The highest BCUT2D eigenvalue weighted by molar-refractivity contribution is 6.19. The van der Waals surface area contributed by atoms with Crippen molar-refractivity contribution in [2.24, 2.45) is 0 Å². The van der Waals surface area contributed by atoms with Gasteiger partial charge in [-0.25, -0.2) is 9.59 Å². The topological polar surface area (TPSA) is 123 Å². The molecule has 0 radical (unpaired) electrons. The van der Waals surface area contributed by atoms with Crippen LogP contribution in [0.1, 0.15) is 26.8 Å². The van der Waals surface area contributed by atoms with Crippen molar-refractivity contribution in [1.29, 1.82) is 5.41 Å². The highest BCUT2D eigenvalue weighted by Gasteiger charge is 2.23. The molecule has 0 saturated carbocycles. The zero-order chi connectivity index (χ0) is 18.7. The number of nitrogens with zero attached hydrogens (tertiary/aromatic N) is 1. The molecule has 0 aliphatic heterocycles. The Hall–Kier alpha value is -3.16. The van der Waals surface area contributed by atoms with Crippen molar-refractivity contribution < 1.29 is 23.8 Å². The van der Waals surface area contributed by atoms with Crippen LogP contribution in [-0.2, 0) is 14.3 Å². The summed E-state index contributed by atoms with van der Waals surface area (Å²) < 4.78 is 11.2. The Bertz CT molecular complexity index is 918. The number of carbonyl (C=O) groups is 2. The third-order valence-electron chi connectivity index (χ3n) is 3.61. The Morgan fingerprint density at radius 1 is 1.32 bits per heavy atom. The van der Waals surface area contributed by atoms with E-state index in [1.165, 1.54) is 20.8 Å². The summed E-state index contributed by atoms with van der Waals surface area (Å²) in [4.78, 5) is 35.6. The Morgan fingerprint density at radius 3 is 2.56 bits per heavy atom. The number of aromatic nitrogens is 1. The van der Waals surface area contributed by atoms with Crippen LogP contribution in [0.4, 0.5) is 0 Å². The molecule has 8 nitrogen and oxygen atoms in total. The number of para-hydroxylation sites is 2. The maximum absolute atomic E-state index is 12.2. The summed E-state index contributed by atoms with van der Waals surface area (Å²) in [6, 6.07) is 5.64. The first-order valence-electron chi connectivity index (χ1n) is 7.49. The second-order valence-corrected chi connectivity index (χ2v) is 5.49. The number of hydrogen-bond donors (Lipinski definition) is 2. The van der Waals surface area contributed by atoms with Crippen molar-refractivity contribution in [1.82, 2.24) is 4.57 Å². The van der Waals surface area contributed by atoms with Crippen molar-refractivity contribution in [2.45, 2.75) is 26.8 Å². The average molecular weight is 346 g/mol. The van der Waals surface area contributed by atoms with E-state index in [9.17, 15) is 19.5 Å². The van der Waals surface area contributed by atoms with Crippen LogP contribution in [-0.4, -0.2) is 33.7 Å². The van der Waals surface area contributed by atoms with Crippen LogP contribution in [0.5, 0.6) is 0 Å². The molecular formula is C17H18N2O6. The van der Waals surface area contributed by atoms with E-state index >= 15 is 0 Å². The van der Waals surface area contributed by atoms with Gasteiger partial charge in [-0.2, -0.15) is 0 Å². The number of fused-ring (bicyclic) bond motifs is 1. The monoisotopic (exact) mass is 346 g/mol. The molecule has 1 unspecified atom stereocenters. The number of ketones is 1. The van der Waals surface area contributed by atoms with E-state index in [0.717, 1.165) is 4.57 Å². The van der Waals surface area contributed by atoms with Crippen LogP contribution in [0.25, 0.3) is 11.1 Å². The number of carbonyl (C=O) groups excluding carboxylic acids is 2. The van der Waals surface area contributed by atoms with Gasteiger partial charge in [0.05, 0.1) is 11.1 Å². The van der Waals surface area contributed by atoms with Gasteiger partial charge >= 0.3 is 11.7 Å². The molecule has 0 amide bonds. The van der Waals surface area contributed by atoms with Gasteiger partial charge in [0.25, 0.3) is 0 Å². The van der Waals surface area contributed by atoms with Gasteiger partial charge in [0, 0.05) is 5.71 Å². The molecule has 1 aromatic heterocycles. The zero-order valence-corrected chi connectivity index (χ0v) is 14.0. The van der Waals surface area contributed by atoms with Crippen molar-refractivity contribution in [3.8, 4) is 0 Å². The van der Waals surface area contributed by atoms with Gasteiger partial charge in [0.15, 0.2) is 11.4 Å². The molecule has 1 atom stereocenters. The third-order valence-corrected chi connectivity index (χ3v) is 3.61. The van der Waals surface area contributed by atoms with Crippen molar-refractivity contribution >= 4 is 28.6 Å².